The number of hydrogen-bond acceptors (Lipinski definition) is 5. The highest BCUT2D eigenvalue weighted by Crippen LogP contribution is 2.23. The van der Waals surface area contributed by atoms with Gasteiger partial charge in [-0.1, -0.05) is 0 Å². The van der Waals surface area contributed by atoms with E-state index >= 15 is 0 Å². The Bertz CT molecular complexity index is 812. The van der Waals surface area contributed by atoms with Gasteiger partial charge in [0.05, 0.1) is 10.5 Å². The molecule has 1 heterocycles. The summed E-state index contributed by atoms with van der Waals surface area (Å²) in [4.78, 5) is 14.8. The molecule has 112 valence electrons. The lowest BCUT2D eigenvalue weighted by molar-refractivity contribution is 0.0691. The van der Waals surface area contributed by atoms with E-state index in [1.807, 2.05) is 0 Å². The molecule has 1 aromatic heterocycles. The number of aromatic nitrogens is 1. The number of carboxylic acids is 1. The number of thiazole rings is 1. The maximum atomic E-state index is 13.7. The fraction of sp³-hybridized carbons (Fsp3) is 0.231. The molecule has 0 unspecified atom stereocenters. The van der Waals surface area contributed by atoms with Gasteiger partial charge in [0.1, 0.15) is 16.6 Å². The molecular weight excluding hydrogens is 317 g/mol. The van der Waals surface area contributed by atoms with Crippen LogP contribution in [-0.4, -0.2) is 24.5 Å². The Morgan fingerprint density at radius 3 is 2.57 bits per heavy atom. The van der Waals surface area contributed by atoms with Crippen molar-refractivity contribution in [3.05, 3.63) is 45.2 Å². The summed E-state index contributed by atoms with van der Waals surface area (Å²) in [5.41, 5.74) is 0.0411. The number of sulfone groups is 1. The van der Waals surface area contributed by atoms with Crippen molar-refractivity contribution in [1.82, 2.24) is 4.98 Å². The van der Waals surface area contributed by atoms with E-state index in [4.69, 9.17) is 5.11 Å². The zero-order valence-corrected chi connectivity index (χ0v) is 12.9. The van der Waals surface area contributed by atoms with E-state index < -0.39 is 27.2 Å². The molecule has 8 heteroatoms. The molecule has 0 radical (unpaired) electrons. The standard InChI is InChI=1S/C13H12FNO4S2/c1-7-3-9(4-10(12(7)14)13(16)17)21(18,19)6-11-15-8(2)5-20-11/h3-5H,6H2,1-2H3,(H,16,17). The summed E-state index contributed by atoms with van der Waals surface area (Å²) in [6.07, 6.45) is 0. The first-order valence-electron chi connectivity index (χ1n) is 5.88. The fourth-order valence-corrected chi connectivity index (χ4v) is 4.29. The van der Waals surface area contributed by atoms with E-state index in [9.17, 15) is 17.6 Å². The molecule has 0 bridgehead atoms. The fourth-order valence-electron chi connectivity index (χ4n) is 1.79. The molecule has 0 amide bonds. The topological polar surface area (TPSA) is 84.3 Å². The molecule has 0 aliphatic heterocycles. The highest BCUT2D eigenvalue weighted by molar-refractivity contribution is 7.90. The predicted molar refractivity (Wildman–Crippen MR) is 75.8 cm³/mol. The Balaban J connectivity index is 2.47. The average molecular weight is 329 g/mol. The van der Waals surface area contributed by atoms with Crippen molar-refractivity contribution in [2.24, 2.45) is 0 Å². The van der Waals surface area contributed by atoms with Gasteiger partial charge in [-0.05, 0) is 31.5 Å². The molecule has 0 aliphatic rings. The minimum atomic E-state index is -3.78. The number of carboxylic acid groups (broad SMARTS) is 1. The lowest BCUT2D eigenvalue weighted by Gasteiger charge is -2.07. The Kier molecular flexibility index (Phi) is 4.11. The second-order valence-corrected chi connectivity index (χ2v) is 7.48. The Morgan fingerprint density at radius 1 is 1.38 bits per heavy atom. The molecule has 0 fully saturated rings. The second kappa shape index (κ2) is 5.53. The third kappa shape index (κ3) is 3.27. The molecule has 1 aromatic carbocycles. The van der Waals surface area contributed by atoms with E-state index in [0.717, 1.165) is 12.1 Å². The SMILES string of the molecule is Cc1csc(CS(=O)(=O)c2cc(C)c(F)c(C(=O)O)c2)n1. The largest absolute Gasteiger partial charge is 0.478 e. The van der Waals surface area contributed by atoms with Crippen LogP contribution in [0.25, 0.3) is 0 Å². The molecule has 2 aromatic rings. The van der Waals surface area contributed by atoms with E-state index in [2.05, 4.69) is 4.98 Å². The second-order valence-electron chi connectivity index (χ2n) is 4.55. The molecule has 2 rings (SSSR count). The van der Waals surface area contributed by atoms with Gasteiger partial charge >= 0.3 is 5.97 Å². The average Bonchev–Trinajstić information content (AvgIpc) is 2.76. The molecular formula is C13H12FNO4S2. The summed E-state index contributed by atoms with van der Waals surface area (Å²) in [6.45, 7) is 3.07. The lowest BCUT2D eigenvalue weighted by atomic mass is 10.1. The number of aromatic carboxylic acids is 1. The van der Waals surface area contributed by atoms with Crippen LogP contribution < -0.4 is 0 Å². The van der Waals surface area contributed by atoms with Gasteiger partial charge in [-0.25, -0.2) is 22.6 Å². The normalized spacial score (nSPS) is 11.6. The minimum Gasteiger partial charge on any atom is -0.478 e. The molecule has 0 spiro atoms. The van der Waals surface area contributed by atoms with Crippen LogP contribution in [0.3, 0.4) is 0 Å². The molecule has 5 nitrogen and oxygen atoms in total. The Hall–Kier alpha value is -1.80. The number of halogens is 1. The number of aryl methyl sites for hydroxylation is 2. The first-order chi connectivity index (χ1) is 9.70. The van der Waals surface area contributed by atoms with Crippen LogP contribution in [0.2, 0.25) is 0 Å². The third-order valence-corrected chi connectivity index (χ3v) is 5.55. The van der Waals surface area contributed by atoms with Crippen molar-refractivity contribution in [2.75, 3.05) is 0 Å². The zero-order chi connectivity index (χ0) is 15.8. The zero-order valence-electron chi connectivity index (χ0n) is 11.3. The molecule has 1 N–H and O–H groups in total. The summed E-state index contributed by atoms with van der Waals surface area (Å²) in [5, 5.41) is 11.1. The highest BCUT2D eigenvalue weighted by Gasteiger charge is 2.22. The van der Waals surface area contributed by atoms with Gasteiger partial charge in [0.2, 0.25) is 0 Å². The molecule has 0 aliphatic carbocycles. The molecule has 0 saturated heterocycles. The van der Waals surface area contributed by atoms with Gasteiger partial charge in [0.15, 0.2) is 9.84 Å². The van der Waals surface area contributed by atoms with E-state index in [0.29, 0.717) is 10.7 Å². The smallest absolute Gasteiger partial charge is 0.338 e. The van der Waals surface area contributed by atoms with Gasteiger partial charge in [-0.3, -0.25) is 0 Å². The van der Waals surface area contributed by atoms with E-state index in [-0.39, 0.29) is 16.2 Å². The van der Waals surface area contributed by atoms with Crippen LogP contribution >= 0.6 is 11.3 Å². The third-order valence-electron chi connectivity index (χ3n) is 2.80. The maximum absolute atomic E-state index is 13.7. The van der Waals surface area contributed by atoms with Gasteiger partial charge in [-0.2, -0.15) is 0 Å². The maximum Gasteiger partial charge on any atom is 0.338 e. The van der Waals surface area contributed by atoms with Crippen molar-refractivity contribution in [3.8, 4) is 0 Å². The summed E-state index contributed by atoms with van der Waals surface area (Å²) in [6, 6.07) is 1.98. The summed E-state index contributed by atoms with van der Waals surface area (Å²) in [7, 11) is -3.78. The molecule has 21 heavy (non-hydrogen) atoms. The van der Waals surface area contributed by atoms with Crippen LogP contribution in [-0.2, 0) is 15.6 Å². The number of rotatable bonds is 4. The number of hydrogen-bond donors (Lipinski definition) is 1. The van der Waals surface area contributed by atoms with Gasteiger partial charge in [-0.15, -0.1) is 11.3 Å². The Morgan fingerprint density at radius 2 is 2.05 bits per heavy atom. The van der Waals surface area contributed by atoms with Gasteiger partial charge in [0, 0.05) is 11.1 Å². The van der Waals surface area contributed by atoms with Crippen molar-refractivity contribution < 1.29 is 22.7 Å². The number of benzene rings is 1. The van der Waals surface area contributed by atoms with Crippen LogP contribution in [0, 0.1) is 19.7 Å². The molecule has 0 saturated carbocycles. The van der Waals surface area contributed by atoms with Crippen LogP contribution in [0.15, 0.2) is 22.4 Å². The van der Waals surface area contributed by atoms with E-state index in [1.54, 1.807) is 12.3 Å². The highest BCUT2D eigenvalue weighted by atomic mass is 32.2. The van der Waals surface area contributed by atoms with Crippen LogP contribution in [0.5, 0.6) is 0 Å². The summed E-state index contributed by atoms with van der Waals surface area (Å²) >= 11 is 1.21. The first-order valence-corrected chi connectivity index (χ1v) is 8.41. The monoisotopic (exact) mass is 329 g/mol. The summed E-state index contributed by atoms with van der Waals surface area (Å²) in [5.74, 6) is -2.76. The van der Waals surface area contributed by atoms with Crippen molar-refractivity contribution in [3.63, 3.8) is 0 Å². The predicted octanol–water partition coefficient (Wildman–Crippen LogP) is 2.57. The quantitative estimate of drug-likeness (QED) is 0.872. The number of carbonyl (C=O) groups is 1. The van der Waals surface area contributed by atoms with Gasteiger partial charge in [0.25, 0.3) is 0 Å². The summed E-state index contributed by atoms with van der Waals surface area (Å²) < 4.78 is 38.3. The van der Waals surface area contributed by atoms with Crippen molar-refractivity contribution >= 4 is 27.1 Å². The lowest BCUT2D eigenvalue weighted by Crippen LogP contribution is -2.09. The Labute approximate surface area is 125 Å². The van der Waals surface area contributed by atoms with Gasteiger partial charge < -0.3 is 5.11 Å². The van der Waals surface area contributed by atoms with Crippen molar-refractivity contribution in [1.29, 1.82) is 0 Å². The van der Waals surface area contributed by atoms with Crippen LogP contribution in [0.4, 0.5) is 4.39 Å². The van der Waals surface area contributed by atoms with Crippen LogP contribution in [0.1, 0.15) is 26.6 Å². The minimum absolute atomic E-state index is 0.0243. The van der Waals surface area contributed by atoms with Crippen molar-refractivity contribution in [2.45, 2.75) is 24.5 Å². The van der Waals surface area contributed by atoms with E-state index in [1.165, 1.54) is 18.3 Å². The molecule has 0 atom stereocenters. The first kappa shape index (κ1) is 15.6. The number of nitrogens with zero attached hydrogens (tertiary/aromatic N) is 1.